The van der Waals surface area contributed by atoms with Gasteiger partial charge in [0.2, 0.25) is 15.9 Å². The van der Waals surface area contributed by atoms with Crippen molar-refractivity contribution in [2.45, 2.75) is 6.92 Å². The number of hydrogen-bond acceptors (Lipinski definition) is 3. The lowest BCUT2D eigenvalue weighted by molar-refractivity contribution is -0.111. The van der Waals surface area contributed by atoms with Gasteiger partial charge in [-0.25, -0.2) is 8.42 Å². The van der Waals surface area contributed by atoms with E-state index in [0.717, 1.165) is 6.08 Å². The van der Waals surface area contributed by atoms with Crippen molar-refractivity contribution in [2.24, 2.45) is 0 Å². The Bertz CT molecular complexity index is 506. The van der Waals surface area contributed by atoms with Crippen LogP contribution in [0.15, 0.2) is 36.9 Å². The molecule has 6 heteroatoms. The molecule has 0 radical (unpaired) electrons. The highest BCUT2D eigenvalue weighted by Crippen LogP contribution is 2.14. The number of carbonyl (C=O) groups excluding carboxylic acids is 1. The van der Waals surface area contributed by atoms with E-state index >= 15 is 0 Å². The summed E-state index contributed by atoms with van der Waals surface area (Å²) in [6.07, 6.45) is 1.16. The van der Waals surface area contributed by atoms with E-state index in [4.69, 9.17) is 0 Å². The summed E-state index contributed by atoms with van der Waals surface area (Å²) in [5, 5.41) is 2.56. The Labute approximate surface area is 101 Å². The number of benzene rings is 1. The van der Waals surface area contributed by atoms with E-state index in [1.807, 2.05) is 0 Å². The molecule has 0 fully saturated rings. The fourth-order valence-electron chi connectivity index (χ4n) is 1.07. The first-order valence-electron chi connectivity index (χ1n) is 5.01. The van der Waals surface area contributed by atoms with E-state index in [1.54, 1.807) is 31.2 Å². The molecule has 1 aromatic carbocycles. The van der Waals surface area contributed by atoms with Gasteiger partial charge in [-0.05, 0) is 37.3 Å². The molecule has 5 nitrogen and oxygen atoms in total. The van der Waals surface area contributed by atoms with Crippen molar-refractivity contribution < 1.29 is 13.2 Å². The van der Waals surface area contributed by atoms with E-state index in [-0.39, 0.29) is 11.7 Å². The molecule has 0 atom stereocenters. The van der Waals surface area contributed by atoms with Crippen LogP contribution >= 0.6 is 0 Å². The summed E-state index contributed by atoms with van der Waals surface area (Å²) in [5.41, 5.74) is 1.04. The van der Waals surface area contributed by atoms with Gasteiger partial charge < -0.3 is 5.32 Å². The number of carbonyl (C=O) groups is 1. The van der Waals surface area contributed by atoms with Crippen LogP contribution in [-0.2, 0) is 14.8 Å². The summed E-state index contributed by atoms with van der Waals surface area (Å²) in [4.78, 5) is 11.0. The van der Waals surface area contributed by atoms with Crippen molar-refractivity contribution in [1.82, 2.24) is 0 Å². The van der Waals surface area contributed by atoms with Crippen LogP contribution < -0.4 is 10.0 Å². The molecule has 1 amide bonds. The summed E-state index contributed by atoms with van der Waals surface area (Å²) in [6, 6.07) is 6.36. The molecule has 0 bridgehead atoms. The standard InChI is InChI=1S/C11H14N2O3S/c1-3-11(14)12-9-5-7-10(8-6-9)13-17(15,16)4-2/h3,5-8,13H,1,4H2,2H3,(H,12,14). The first-order valence-corrected chi connectivity index (χ1v) is 6.66. The quantitative estimate of drug-likeness (QED) is 0.783. The predicted octanol–water partition coefficient (Wildman–Crippen LogP) is 1.57. The first kappa shape index (κ1) is 13.2. The molecule has 0 heterocycles. The average Bonchev–Trinajstić information content (AvgIpc) is 2.31. The van der Waals surface area contributed by atoms with E-state index in [9.17, 15) is 13.2 Å². The lowest BCUT2D eigenvalue weighted by Crippen LogP contribution is -2.14. The fraction of sp³-hybridized carbons (Fsp3) is 0.182. The van der Waals surface area contributed by atoms with Gasteiger partial charge in [-0.3, -0.25) is 9.52 Å². The highest BCUT2D eigenvalue weighted by Gasteiger charge is 2.06. The monoisotopic (exact) mass is 254 g/mol. The van der Waals surface area contributed by atoms with E-state index in [1.165, 1.54) is 0 Å². The Morgan fingerprint density at radius 1 is 1.29 bits per heavy atom. The molecule has 1 aromatic rings. The summed E-state index contributed by atoms with van der Waals surface area (Å²) < 4.78 is 25.0. The van der Waals surface area contributed by atoms with Gasteiger partial charge in [0.05, 0.1) is 5.75 Å². The molecular formula is C11H14N2O3S. The average molecular weight is 254 g/mol. The number of nitrogens with one attached hydrogen (secondary N) is 2. The zero-order chi connectivity index (χ0) is 12.9. The van der Waals surface area contributed by atoms with Crippen LogP contribution in [0.3, 0.4) is 0 Å². The van der Waals surface area contributed by atoms with Gasteiger partial charge in [-0.15, -0.1) is 0 Å². The SMILES string of the molecule is C=CC(=O)Nc1ccc(NS(=O)(=O)CC)cc1. The van der Waals surface area contributed by atoms with Gasteiger partial charge >= 0.3 is 0 Å². The van der Waals surface area contributed by atoms with Crippen LogP contribution in [0, 0.1) is 0 Å². The smallest absolute Gasteiger partial charge is 0.247 e. The molecule has 0 aliphatic carbocycles. The van der Waals surface area contributed by atoms with Gasteiger partial charge in [-0.2, -0.15) is 0 Å². The van der Waals surface area contributed by atoms with Gasteiger partial charge in [0.15, 0.2) is 0 Å². The van der Waals surface area contributed by atoms with Crippen LogP contribution in [-0.4, -0.2) is 20.1 Å². The Hall–Kier alpha value is -1.82. The lowest BCUT2D eigenvalue weighted by atomic mass is 10.3. The molecule has 0 aromatic heterocycles. The third-order valence-corrected chi connectivity index (χ3v) is 3.30. The molecule has 0 saturated carbocycles. The van der Waals surface area contributed by atoms with Crippen molar-refractivity contribution in [1.29, 1.82) is 0 Å². The third kappa shape index (κ3) is 4.28. The van der Waals surface area contributed by atoms with Crippen molar-refractivity contribution >= 4 is 27.3 Å². The van der Waals surface area contributed by atoms with E-state index < -0.39 is 10.0 Å². The molecule has 17 heavy (non-hydrogen) atoms. The lowest BCUT2D eigenvalue weighted by Gasteiger charge is -2.07. The predicted molar refractivity (Wildman–Crippen MR) is 68.4 cm³/mol. The van der Waals surface area contributed by atoms with Crippen molar-refractivity contribution in [3.63, 3.8) is 0 Å². The van der Waals surface area contributed by atoms with Crippen molar-refractivity contribution in [3.05, 3.63) is 36.9 Å². The minimum atomic E-state index is -3.27. The van der Waals surface area contributed by atoms with Crippen LogP contribution in [0.4, 0.5) is 11.4 Å². The molecule has 1 rings (SSSR count). The normalized spacial score (nSPS) is 10.6. The second-order valence-electron chi connectivity index (χ2n) is 3.28. The van der Waals surface area contributed by atoms with Crippen molar-refractivity contribution in [2.75, 3.05) is 15.8 Å². The molecule has 0 unspecified atom stereocenters. The highest BCUT2D eigenvalue weighted by molar-refractivity contribution is 7.92. The largest absolute Gasteiger partial charge is 0.323 e. The first-order chi connectivity index (χ1) is 7.96. The Kier molecular flexibility index (Phi) is 4.28. The van der Waals surface area contributed by atoms with Gasteiger partial charge in [0, 0.05) is 11.4 Å². The molecule has 2 N–H and O–H groups in total. The van der Waals surface area contributed by atoms with Crippen molar-refractivity contribution in [3.8, 4) is 0 Å². The van der Waals surface area contributed by atoms with Gasteiger partial charge in [-0.1, -0.05) is 6.58 Å². The number of rotatable bonds is 5. The maximum atomic E-state index is 11.3. The maximum absolute atomic E-state index is 11.3. The molecule has 0 saturated heterocycles. The second kappa shape index (κ2) is 5.49. The minimum Gasteiger partial charge on any atom is -0.323 e. The van der Waals surface area contributed by atoms with Crippen LogP contribution in [0.1, 0.15) is 6.92 Å². The third-order valence-electron chi connectivity index (χ3n) is 1.99. The van der Waals surface area contributed by atoms with Gasteiger partial charge in [0.1, 0.15) is 0 Å². The molecule has 0 aliphatic heterocycles. The fourth-order valence-corrected chi connectivity index (χ4v) is 1.71. The maximum Gasteiger partial charge on any atom is 0.247 e. The Morgan fingerprint density at radius 2 is 1.82 bits per heavy atom. The van der Waals surface area contributed by atoms with Crippen LogP contribution in [0.25, 0.3) is 0 Å². The number of anilines is 2. The molecular weight excluding hydrogens is 240 g/mol. The molecule has 92 valence electrons. The summed E-state index contributed by atoms with van der Waals surface area (Å²) >= 11 is 0. The number of hydrogen-bond donors (Lipinski definition) is 2. The second-order valence-corrected chi connectivity index (χ2v) is 5.29. The topological polar surface area (TPSA) is 75.3 Å². The number of sulfonamides is 1. The van der Waals surface area contributed by atoms with Crippen LogP contribution in [0.5, 0.6) is 0 Å². The Balaban J connectivity index is 2.75. The summed E-state index contributed by atoms with van der Waals surface area (Å²) in [7, 11) is -3.27. The van der Waals surface area contributed by atoms with E-state index in [0.29, 0.717) is 11.4 Å². The van der Waals surface area contributed by atoms with Crippen LogP contribution in [0.2, 0.25) is 0 Å². The number of amides is 1. The Morgan fingerprint density at radius 3 is 2.29 bits per heavy atom. The minimum absolute atomic E-state index is 0.0158. The van der Waals surface area contributed by atoms with E-state index in [2.05, 4.69) is 16.6 Å². The molecule has 0 spiro atoms. The molecule has 0 aliphatic rings. The zero-order valence-electron chi connectivity index (χ0n) is 9.43. The zero-order valence-corrected chi connectivity index (χ0v) is 10.3. The summed E-state index contributed by atoms with van der Waals surface area (Å²) in [6.45, 7) is 4.89. The summed E-state index contributed by atoms with van der Waals surface area (Å²) in [5.74, 6) is -0.297. The highest BCUT2D eigenvalue weighted by atomic mass is 32.2. The van der Waals surface area contributed by atoms with Gasteiger partial charge in [0.25, 0.3) is 0 Å².